The molecule has 0 nitrogen and oxygen atoms in total. The molecule has 20 heavy (non-hydrogen) atoms. The van der Waals surface area contributed by atoms with Crippen LogP contribution in [0.5, 0.6) is 0 Å². The summed E-state index contributed by atoms with van der Waals surface area (Å²) in [6.45, 7) is 7.86. The van der Waals surface area contributed by atoms with Crippen LogP contribution in [0.15, 0.2) is 86.0 Å². The molecule has 0 saturated heterocycles. The van der Waals surface area contributed by atoms with E-state index in [0.29, 0.717) is 0 Å². The molecule has 0 aliphatic carbocycles. The highest BCUT2D eigenvalue weighted by Gasteiger charge is 2.31. The van der Waals surface area contributed by atoms with Crippen LogP contribution in [0.4, 0.5) is 0 Å². The lowest BCUT2D eigenvalue weighted by atomic mass is 9.69. The van der Waals surface area contributed by atoms with Gasteiger partial charge in [-0.2, -0.15) is 0 Å². The van der Waals surface area contributed by atoms with Crippen molar-refractivity contribution in [1.82, 2.24) is 0 Å². The molecule has 0 aliphatic heterocycles. The maximum absolute atomic E-state index is 3.98. The quantitative estimate of drug-likeness (QED) is 0.577. The van der Waals surface area contributed by atoms with Crippen LogP contribution < -0.4 is 0 Å². The second-order valence-electron chi connectivity index (χ2n) is 5.13. The van der Waals surface area contributed by atoms with E-state index in [0.717, 1.165) is 19.3 Å². The molecule has 0 unspecified atom stereocenters. The highest BCUT2D eigenvalue weighted by atomic mass is 14.3. The van der Waals surface area contributed by atoms with Crippen molar-refractivity contribution >= 4 is 0 Å². The monoisotopic (exact) mass is 262 g/mol. The van der Waals surface area contributed by atoms with E-state index < -0.39 is 0 Å². The zero-order chi connectivity index (χ0) is 14.3. The van der Waals surface area contributed by atoms with Gasteiger partial charge in [-0.25, -0.2) is 0 Å². The summed E-state index contributed by atoms with van der Waals surface area (Å²) in [7, 11) is 0. The first-order valence-corrected chi connectivity index (χ1v) is 7.16. The molecular weight excluding hydrogens is 240 g/mol. The SMILES string of the molecule is C=CCCC(CC=C)(c1ccccc1)c1ccccc1. The first-order valence-electron chi connectivity index (χ1n) is 7.16. The summed E-state index contributed by atoms with van der Waals surface area (Å²) in [4.78, 5) is 0. The molecule has 0 amide bonds. The molecule has 0 bridgehead atoms. The Labute approximate surface area is 122 Å². The second kappa shape index (κ2) is 6.91. The molecule has 0 aliphatic rings. The third kappa shape index (κ3) is 2.91. The van der Waals surface area contributed by atoms with Crippen LogP contribution in [-0.4, -0.2) is 0 Å². The molecule has 2 aromatic carbocycles. The van der Waals surface area contributed by atoms with Gasteiger partial charge in [-0.15, -0.1) is 13.2 Å². The van der Waals surface area contributed by atoms with Crippen LogP contribution in [0.25, 0.3) is 0 Å². The maximum Gasteiger partial charge on any atom is 0.0240 e. The van der Waals surface area contributed by atoms with Crippen molar-refractivity contribution in [2.75, 3.05) is 0 Å². The molecule has 0 aromatic heterocycles. The largest absolute Gasteiger partial charge is 0.103 e. The van der Waals surface area contributed by atoms with Gasteiger partial charge in [0.25, 0.3) is 0 Å². The predicted molar refractivity (Wildman–Crippen MR) is 87.9 cm³/mol. The van der Waals surface area contributed by atoms with E-state index in [2.05, 4.69) is 73.8 Å². The molecule has 0 fully saturated rings. The van der Waals surface area contributed by atoms with Gasteiger partial charge in [0.05, 0.1) is 0 Å². The van der Waals surface area contributed by atoms with Gasteiger partial charge in [-0.05, 0) is 30.4 Å². The van der Waals surface area contributed by atoms with Gasteiger partial charge < -0.3 is 0 Å². The standard InChI is InChI=1S/C20H22/c1-3-5-17-20(16-4-2,18-12-8-6-9-13-18)19-14-10-7-11-15-19/h3-4,6-15H,1-2,5,16-17H2. The molecule has 0 spiro atoms. The van der Waals surface area contributed by atoms with Crippen molar-refractivity contribution in [3.63, 3.8) is 0 Å². The minimum Gasteiger partial charge on any atom is -0.103 e. The first-order chi connectivity index (χ1) is 9.83. The Kier molecular flexibility index (Phi) is 4.95. The van der Waals surface area contributed by atoms with E-state index in [1.54, 1.807) is 0 Å². The minimum absolute atomic E-state index is 0.00153. The summed E-state index contributed by atoms with van der Waals surface area (Å²) in [5.41, 5.74) is 2.71. The third-order valence-corrected chi connectivity index (χ3v) is 3.92. The van der Waals surface area contributed by atoms with Crippen LogP contribution in [0, 0.1) is 0 Å². The third-order valence-electron chi connectivity index (χ3n) is 3.92. The van der Waals surface area contributed by atoms with Gasteiger partial charge >= 0.3 is 0 Å². The highest BCUT2D eigenvalue weighted by molar-refractivity contribution is 5.40. The smallest absolute Gasteiger partial charge is 0.0240 e. The molecule has 0 heteroatoms. The lowest BCUT2D eigenvalue weighted by Crippen LogP contribution is -2.27. The van der Waals surface area contributed by atoms with E-state index in [-0.39, 0.29) is 5.41 Å². The average Bonchev–Trinajstić information content (AvgIpc) is 2.53. The Hall–Kier alpha value is -2.08. The summed E-state index contributed by atoms with van der Waals surface area (Å²) >= 11 is 0. The maximum atomic E-state index is 3.98. The number of hydrogen-bond acceptors (Lipinski definition) is 0. The van der Waals surface area contributed by atoms with Gasteiger partial charge in [0.1, 0.15) is 0 Å². The Morgan fingerprint density at radius 3 is 1.65 bits per heavy atom. The molecule has 0 saturated carbocycles. The zero-order valence-electron chi connectivity index (χ0n) is 12.0. The molecule has 0 atom stereocenters. The molecule has 0 N–H and O–H groups in total. The number of benzene rings is 2. The summed E-state index contributed by atoms with van der Waals surface area (Å²) in [6.07, 6.45) is 7.02. The summed E-state index contributed by atoms with van der Waals surface area (Å²) in [5.74, 6) is 0. The number of hydrogen-bond donors (Lipinski definition) is 0. The van der Waals surface area contributed by atoms with Crippen LogP contribution in [0.3, 0.4) is 0 Å². The van der Waals surface area contributed by atoms with E-state index in [9.17, 15) is 0 Å². The normalized spacial score (nSPS) is 11.0. The number of rotatable bonds is 7. The van der Waals surface area contributed by atoms with Crippen molar-refractivity contribution in [3.05, 3.63) is 97.1 Å². The molecular formula is C20H22. The van der Waals surface area contributed by atoms with E-state index >= 15 is 0 Å². The fraction of sp³-hybridized carbons (Fsp3) is 0.200. The summed E-state index contributed by atoms with van der Waals surface area (Å²) in [5, 5.41) is 0. The van der Waals surface area contributed by atoms with Gasteiger partial charge in [0, 0.05) is 5.41 Å². The average molecular weight is 262 g/mol. The Bertz CT molecular complexity index is 497. The Morgan fingerprint density at radius 2 is 1.25 bits per heavy atom. The van der Waals surface area contributed by atoms with Crippen molar-refractivity contribution in [2.24, 2.45) is 0 Å². The van der Waals surface area contributed by atoms with E-state index in [1.807, 2.05) is 12.2 Å². The van der Waals surface area contributed by atoms with Gasteiger partial charge in [0.2, 0.25) is 0 Å². The molecule has 0 heterocycles. The predicted octanol–water partition coefficient (Wildman–Crippen LogP) is 5.52. The van der Waals surface area contributed by atoms with Crippen molar-refractivity contribution in [2.45, 2.75) is 24.7 Å². The molecule has 2 rings (SSSR count). The lowest BCUT2D eigenvalue weighted by molar-refractivity contribution is 0.482. The lowest BCUT2D eigenvalue weighted by Gasteiger charge is -2.34. The Morgan fingerprint density at radius 1 is 0.750 bits per heavy atom. The molecule has 0 radical (unpaired) electrons. The fourth-order valence-electron chi connectivity index (χ4n) is 2.90. The minimum atomic E-state index is -0.00153. The van der Waals surface area contributed by atoms with Gasteiger partial charge in [-0.3, -0.25) is 0 Å². The summed E-state index contributed by atoms with van der Waals surface area (Å²) in [6, 6.07) is 21.5. The van der Waals surface area contributed by atoms with Crippen LogP contribution in [0.2, 0.25) is 0 Å². The fourth-order valence-corrected chi connectivity index (χ4v) is 2.90. The number of allylic oxidation sites excluding steroid dienone is 2. The topological polar surface area (TPSA) is 0 Å². The highest BCUT2D eigenvalue weighted by Crippen LogP contribution is 2.40. The van der Waals surface area contributed by atoms with Crippen LogP contribution in [-0.2, 0) is 5.41 Å². The van der Waals surface area contributed by atoms with Gasteiger partial charge in [0.15, 0.2) is 0 Å². The Balaban J connectivity index is 2.55. The summed E-state index contributed by atoms with van der Waals surface area (Å²) < 4.78 is 0. The van der Waals surface area contributed by atoms with Crippen LogP contribution in [0.1, 0.15) is 30.4 Å². The van der Waals surface area contributed by atoms with E-state index in [1.165, 1.54) is 11.1 Å². The zero-order valence-corrected chi connectivity index (χ0v) is 12.0. The van der Waals surface area contributed by atoms with Crippen molar-refractivity contribution in [3.8, 4) is 0 Å². The van der Waals surface area contributed by atoms with E-state index in [4.69, 9.17) is 0 Å². The molecule has 2 aromatic rings. The first kappa shape index (κ1) is 14.3. The van der Waals surface area contributed by atoms with Crippen molar-refractivity contribution in [1.29, 1.82) is 0 Å². The van der Waals surface area contributed by atoms with Crippen LogP contribution >= 0.6 is 0 Å². The second-order valence-corrected chi connectivity index (χ2v) is 5.13. The van der Waals surface area contributed by atoms with Crippen molar-refractivity contribution < 1.29 is 0 Å². The van der Waals surface area contributed by atoms with Gasteiger partial charge in [-0.1, -0.05) is 72.8 Å². The molecule has 102 valence electrons.